The second-order valence-corrected chi connectivity index (χ2v) is 8.29. The van der Waals surface area contributed by atoms with Crippen molar-refractivity contribution in [3.05, 3.63) is 113 Å². The monoisotopic (exact) mass is 431 g/mol. The molecule has 0 spiro atoms. The van der Waals surface area contributed by atoms with E-state index in [4.69, 9.17) is 4.98 Å². The van der Waals surface area contributed by atoms with Crippen LogP contribution in [0, 0.1) is 0 Å². The van der Waals surface area contributed by atoms with Gasteiger partial charge in [-0.15, -0.1) is 0 Å². The van der Waals surface area contributed by atoms with E-state index < -0.39 is 0 Å². The van der Waals surface area contributed by atoms with E-state index in [-0.39, 0.29) is 5.43 Å². The lowest BCUT2D eigenvalue weighted by Crippen LogP contribution is -2.10. The van der Waals surface area contributed by atoms with Gasteiger partial charge in [0.15, 0.2) is 11.3 Å². The minimum absolute atomic E-state index is 0.0594. The zero-order chi connectivity index (χ0) is 21.5. The molecular weight excluding hydrogens is 414 g/mol. The smallest absolute Gasteiger partial charge is 0.197 e. The molecule has 0 saturated carbocycles. The van der Waals surface area contributed by atoms with Crippen LogP contribution in [-0.4, -0.2) is 13.9 Å². The zero-order valence-corrected chi connectivity index (χ0v) is 17.8. The highest BCUT2D eigenvalue weighted by atomic mass is 32.1. The summed E-state index contributed by atoms with van der Waals surface area (Å²) in [4.78, 5) is 17.7. The number of nitrogens with zero attached hydrogens (tertiary/aromatic N) is 3. The molecule has 5 heteroatoms. The average Bonchev–Trinajstić information content (AvgIpc) is 3.36. The third-order valence-corrected chi connectivity index (χ3v) is 6.37. The number of para-hydroxylation sites is 2. The summed E-state index contributed by atoms with van der Waals surface area (Å²) < 4.78 is 6.70. The van der Waals surface area contributed by atoms with Gasteiger partial charge in [-0.05, 0) is 60.1 Å². The van der Waals surface area contributed by atoms with Crippen LogP contribution in [-0.2, 0) is 0 Å². The summed E-state index contributed by atoms with van der Waals surface area (Å²) in [5.74, 6) is 0.718. The molecule has 2 aromatic heterocycles. The van der Waals surface area contributed by atoms with Gasteiger partial charge in [-0.3, -0.25) is 4.79 Å². The maximum absolute atomic E-state index is 13.0. The van der Waals surface area contributed by atoms with Crippen LogP contribution >= 0.6 is 11.5 Å². The van der Waals surface area contributed by atoms with Crippen molar-refractivity contribution in [2.45, 2.75) is 0 Å². The summed E-state index contributed by atoms with van der Waals surface area (Å²) in [5.41, 5.74) is 4.86. The van der Waals surface area contributed by atoms with E-state index in [0.717, 1.165) is 38.7 Å². The van der Waals surface area contributed by atoms with Crippen molar-refractivity contribution in [2.24, 2.45) is 0 Å². The Balaban J connectivity index is 1.48. The Morgan fingerprint density at radius 3 is 1.88 bits per heavy atom. The quantitative estimate of drug-likeness (QED) is 0.308. The summed E-state index contributed by atoms with van der Waals surface area (Å²) in [6.45, 7) is 0. The highest BCUT2D eigenvalue weighted by Crippen LogP contribution is 2.28. The first kappa shape index (κ1) is 18.7. The van der Waals surface area contributed by atoms with Gasteiger partial charge in [0.05, 0.1) is 11.0 Å². The van der Waals surface area contributed by atoms with Crippen molar-refractivity contribution in [3.63, 3.8) is 0 Å². The van der Waals surface area contributed by atoms with Crippen LogP contribution in [0.2, 0.25) is 0 Å². The Labute approximate surface area is 188 Å². The van der Waals surface area contributed by atoms with E-state index in [1.165, 1.54) is 11.5 Å². The van der Waals surface area contributed by atoms with Crippen molar-refractivity contribution in [1.82, 2.24) is 13.9 Å². The Morgan fingerprint density at radius 1 is 0.625 bits per heavy atom. The first-order chi connectivity index (χ1) is 15.8. The Morgan fingerprint density at radius 2 is 1.22 bits per heavy atom. The van der Waals surface area contributed by atoms with E-state index in [0.29, 0.717) is 10.8 Å². The third kappa shape index (κ3) is 3.02. The Hall–Kier alpha value is -4.09. The van der Waals surface area contributed by atoms with E-state index in [1.807, 2.05) is 91.0 Å². The molecule has 2 heterocycles. The van der Waals surface area contributed by atoms with Gasteiger partial charge in [0, 0.05) is 27.6 Å². The van der Waals surface area contributed by atoms with Gasteiger partial charge >= 0.3 is 0 Å². The SMILES string of the molecule is O=c1c2ccccc2n(-c2ccc(-c3nsc(-c4ccccc4)n3)cc2)c2ccccc12. The summed E-state index contributed by atoms with van der Waals surface area (Å²) >= 11 is 1.40. The van der Waals surface area contributed by atoms with E-state index in [1.54, 1.807) is 0 Å². The molecule has 32 heavy (non-hydrogen) atoms. The van der Waals surface area contributed by atoms with Crippen molar-refractivity contribution in [3.8, 4) is 27.6 Å². The maximum Gasteiger partial charge on any atom is 0.197 e. The maximum atomic E-state index is 13.0. The molecule has 0 aliphatic rings. The summed E-state index contributed by atoms with van der Waals surface area (Å²) in [6.07, 6.45) is 0. The molecule has 0 radical (unpaired) electrons. The lowest BCUT2D eigenvalue weighted by atomic mass is 10.1. The van der Waals surface area contributed by atoms with Gasteiger partial charge in [-0.1, -0.05) is 54.6 Å². The topological polar surface area (TPSA) is 47.8 Å². The van der Waals surface area contributed by atoms with Gasteiger partial charge in [0.25, 0.3) is 0 Å². The molecule has 4 aromatic carbocycles. The average molecular weight is 432 g/mol. The predicted octanol–water partition coefficient (Wildman–Crippen LogP) is 6.33. The first-order valence-corrected chi connectivity index (χ1v) is 11.1. The number of rotatable bonds is 3. The molecular formula is C27H17N3OS. The molecule has 0 unspecified atom stereocenters. The normalized spacial score (nSPS) is 11.2. The molecule has 0 aliphatic carbocycles. The Kier molecular flexibility index (Phi) is 4.40. The van der Waals surface area contributed by atoms with Crippen LogP contribution in [0.3, 0.4) is 0 Å². The number of pyridine rings is 1. The van der Waals surface area contributed by atoms with Crippen molar-refractivity contribution < 1.29 is 0 Å². The molecule has 0 fully saturated rings. The molecule has 0 aliphatic heterocycles. The highest BCUT2D eigenvalue weighted by molar-refractivity contribution is 7.09. The summed E-state index contributed by atoms with van der Waals surface area (Å²) in [7, 11) is 0. The largest absolute Gasteiger partial charge is 0.309 e. The van der Waals surface area contributed by atoms with Crippen molar-refractivity contribution >= 4 is 33.3 Å². The number of benzene rings is 4. The highest BCUT2D eigenvalue weighted by Gasteiger charge is 2.13. The van der Waals surface area contributed by atoms with Gasteiger partial charge in [-0.2, -0.15) is 4.37 Å². The molecule has 0 bridgehead atoms. The minimum Gasteiger partial charge on any atom is -0.309 e. The van der Waals surface area contributed by atoms with Gasteiger partial charge in [0.1, 0.15) is 5.01 Å². The van der Waals surface area contributed by atoms with Crippen molar-refractivity contribution in [1.29, 1.82) is 0 Å². The fraction of sp³-hybridized carbons (Fsp3) is 0. The zero-order valence-electron chi connectivity index (χ0n) is 17.0. The minimum atomic E-state index is 0.0594. The number of hydrogen-bond acceptors (Lipinski definition) is 4. The molecule has 6 rings (SSSR count). The second-order valence-electron chi connectivity index (χ2n) is 7.53. The number of hydrogen-bond donors (Lipinski definition) is 0. The first-order valence-electron chi connectivity index (χ1n) is 10.3. The fourth-order valence-electron chi connectivity index (χ4n) is 4.07. The fourth-order valence-corrected chi connectivity index (χ4v) is 4.76. The standard InChI is InChI=1S/C27H17N3OS/c31-25-21-10-4-6-12-23(21)30(24-13-7-5-11-22(24)25)20-16-14-18(15-17-20)26-28-27(32-29-26)19-8-2-1-3-9-19/h1-17H. The Bertz CT molecular complexity index is 1570. The molecule has 0 saturated heterocycles. The van der Waals surface area contributed by atoms with Crippen LogP contribution in [0.5, 0.6) is 0 Å². The molecule has 152 valence electrons. The van der Waals surface area contributed by atoms with Gasteiger partial charge < -0.3 is 4.57 Å². The van der Waals surface area contributed by atoms with Crippen LogP contribution in [0.25, 0.3) is 49.5 Å². The second kappa shape index (κ2) is 7.55. The van der Waals surface area contributed by atoms with E-state index in [9.17, 15) is 4.79 Å². The molecule has 0 N–H and O–H groups in total. The lowest BCUT2D eigenvalue weighted by molar-refractivity contribution is 1.16. The van der Waals surface area contributed by atoms with Crippen LogP contribution in [0.4, 0.5) is 0 Å². The molecule has 4 nitrogen and oxygen atoms in total. The predicted molar refractivity (Wildman–Crippen MR) is 131 cm³/mol. The van der Waals surface area contributed by atoms with Crippen LogP contribution in [0.15, 0.2) is 108 Å². The van der Waals surface area contributed by atoms with Crippen molar-refractivity contribution in [2.75, 3.05) is 0 Å². The van der Waals surface area contributed by atoms with Gasteiger partial charge in [0.2, 0.25) is 0 Å². The lowest BCUT2D eigenvalue weighted by Gasteiger charge is -2.15. The van der Waals surface area contributed by atoms with Crippen LogP contribution < -0.4 is 5.43 Å². The molecule has 6 aromatic rings. The van der Waals surface area contributed by atoms with E-state index >= 15 is 0 Å². The molecule has 0 amide bonds. The molecule has 0 atom stereocenters. The number of aromatic nitrogens is 3. The van der Waals surface area contributed by atoms with E-state index in [2.05, 4.69) is 21.1 Å². The third-order valence-electron chi connectivity index (χ3n) is 5.61. The van der Waals surface area contributed by atoms with Crippen LogP contribution in [0.1, 0.15) is 0 Å². The summed E-state index contributed by atoms with van der Waals surface area (Å²) in [5, 5.41) is 2.33. The van der Waals surface area contributed by atoms with Gasteiger partial charge in [-0.25, -0.2) is 4.98 Å². The number of fused-ring (bicyclic) bond motifs is 2. The summed E-state index contributed by atoms with van der Waals surface area (Å²) in [6, 6.07) is 33.8.